The summed E-state index contributed by atoms with van der Waals surface area (Å²) in [6.45, 7) is -0.649. The molecule has 0 radical (unpaired) electrons. The molecule has 13 heteroatoms. The molecule has 2 aromatic carbocycles. The lowest BCUT2D eigenvalue weighted by Crippen LogP contribution is -2.45. The van der Waals surface area contributed by atoms with Crippen LogP contribution in [0.2, 0.25) is 0 Å². The molecule has 1 heterocycles. The summed E-state index contributed by atoms with van der Waals surface area (Å²) in [5.41, 5.74) is 0.267. The maximum Gasteiger partial charge on any atom is 0.243 e. The minimum Gasteiger partial charge on any atom is -0.229 e. The predicted molar refractivity (Wildman–Crippen MR) is 118 cm³/mol. The number of nitrogens with one attached hydrogen (secondary N) is 1. The van der Waals surface area contributed by atoms with Gasteiger partial charge in [-0.05, 0) is 42.8 Å². The van der Waals surface area contributed by atoms with E-state index in [0.717, 1.165) is 4.31 Å². The van der Waals surface area contributed by atoms with E-state index < -0.39 is 35.9 Å². The van der Waals surface area contributed by atoms with E-state index in [2.05, 4.69) is 4.72 Å². The van der Waals surface area contributed by atoms with E-state index in [1.54, 1.807) is 0 Å². The number of sulfone groups is 1. The number of sulfonamides is 2. The largest absolute Gasteiger partial charge is 0.243 e. The van der Waals surface area contributed by atoms with Crippen LogP contribution in [0.4, 0.5) is 0 Å². The molecule has 0 spiro atoms. The highest BCUT2D eigenvalue weighted by atomic mass is 32.2. The van der Waals surface area contributed by atoms with Gasteiger partial charge in [-0.1, -0.05) is 12.1 Å². The zero-order valence-electron chi connectivity index (χ0n) is 17.2. The minimum atomic E-state index is -4.22. The Balaban J connectivity index is 1.86. The Morgan fingerprint density at radius 1 is 0.970 bits per heavy atom. The van der Waals surface area contributed by atoms with Crippen molar-refractivity contribution in [3.63, 3.8) is 0 Å². The Hall–Kier alpha value is -2.81. The van der Waals surface area contributed by atoms with Crippen molar-refractivity contribution in [2.75, 3.05) is 24.6 Å². The van der Waals surface area contributed by atoms with E-state index in [0.29, 0.717) is 0 Å². The first-order chi connectivity index (χ1) is 15.5. The average molecular weight is 509 g/mol. The second-order valence-corrected chi connectivity index (χ2v) is 13.2. The van der Waals surface area contributed by atoms with Crippen molar-refractivity contribution < 1.29 is 25.3 Å². The van der Waals surface area contributed by atoms with Crippen molar-refractivity contribution >= 4 is 29.9 Å². The van der Waals surface area contributed by atoms with Crippen LogP contribution >= 0.6 is 0 Å². The number of nitriles is 2. The van der Waals surface area contributed by atoms with Crippen LogP contribution < -0.4 is 4.72 Å². The van der Waals surface area contributed by atoms with Gasteiger partial charge < -0.3 is 0 Å². The van der Waals surface area contributed by atoms with E-state index in [4.69, 9.17) is 10.5 Å². The Kier molecular flexibility index (Phi) is 7.21. The van der Waals surface area contributed by atoms with Crippen molar-refractivity contribution in [2.45, 2.75) is 22.3 Å². The van der Waals surface area contributed by atoms with Gasteiger partial charge in [0.2, 0.25) is 20.0 Å². The van der Waals surface area contributed by atoms with Gasteiger partial charge in [0.25, 0.3) is 0 Å². The van der Waals surface area contributed by atoms with Crippen LogP contribution in [0.3, 0.4) is 0 Å². The second-order valence-electron chi connectivity index (χ2n) is 7.35. The molecule has 2 aromatic rings. The zero-order valence-corrected chi connectivity index (χ0v) is 19.7. The molecule has 0 amide bonds. The molecule has 174 valence electrons. The molecule has 0 saturated carbocycles. The van der Waals surface area contributed by atoms with Gasteiger partial charge in [-0.25, -0.2) is 30.0 Å². The smallest absolute Gasteiger partial charge is 0.229 e. The quantitative estimate of drug-likeness (QED) is 0.541. The number of hydrogen-bond acceptors (Lipinski definition) is 8. The number of hydrogen-bond donors (Lipinski definition) is 1. The molecule has 10 nitrogen and oxygen atoms in total. The van der Waals surface area contributed by atoms with Crippen molar-refractivity contribution in [1.29, 1.82) is 10.5 Å². The molecule has 1 atom stereocenters. The first-order valence-electron chi connectivity index (χ1n) is 9.71. The molecule has 0 aliphatic carbocycles. The molecule has 0 aromatic heterocycles. The maximum absolute atomic E-state index is 13.3. The molecule has 1 aliphatic heterocycles. The Morgan fingerprint density at radius 3 is 2.09 bits per heavy atom. The van der Waals surface area contributed by atoms with Crippen LogP contribution in [0.15, 0.2) is 58.3 Å². The van der Waals surface area contributed by atoms with Crippen LogP contribution in [-0.2, 0) is 29.9 Å². The fraction of sp³-hybridized carbons (Fsp3) is 0.300. The normalized spacial score (nSPS) is 18.0. The van der Waals surface area contributed by atoms with E-state index in [1.165, 1.54) is 48.5 Å². The number of benzene rings is 2. The summed E-state index contributed by atoms with van der Waals surface area (Å²) in [4.78, 5) is -0.337. The molecular weight excluding hydrogens is 488 g/mol. The summed E-state index contributed by atoms with van der Waals surface area (Å²) >= 11 is 0. The SMILES string of the molecule is N#Cc1cccc(S(=O)(=O)NCCN([C@H]2CCS(=O)(=O)C2)S(=O)(=O)c2cccc(C#N)c2)c1. The molecule has 0 unspecified atom stereocenters. The summed E-state index contributed by atoms with van der Waals surface area (Å²) in [6.07, 6.45) is 0.0798. The number of rotatable bonds is 8. The summed E-state index contributed by atoms with van der Waals surface area (Å²) in [5.74, 6) is -0.546. The first kappa shape index (κ1) is 24.8. The maximum atomic E-state index is 13.3. The lowest BCUT2D eigenvalue weighted by Gasteiger charge is -2.27. The van der Waals surface area contributed by atoms with Gasteiger partial charge in [-0.15, -0.1) is 0 Å². The van der Waals surface area contributed by atoms with E-state index in [1.807, 2.05) is 12.1 Å². The predicted octanol–water partition coefficient (Wildman–Crippen LogP) is 0.586. The van der Waals surface area contributed by atoms with Gasteiger partial charge in [0.1, 0.15) is 0 Å². The highest BCUT2D eigenvalue weighted by Gasteiger charge is 2.38. The summed E-state index contributed by atoms with van der Waals surface area (Å²) in [7, 11) is -11.7. The Labute approximate surface area is 193 Å². The van der Waals surface area contributed by atoms with E-state index >= 15 is 0 Å². The van der Waals surface area contributed by atoms with Crippen LogP contribution in [0.1, 0.15) is 17.5 Å². The van der Waals surface area contributed by atoms with Crippen LogP contribution in [0.5, 0.6) is 0 Å². The second kappa shape index (κ2) is 9.59. The summed E-state index contributed by atoms with van der Waals surface area (Å²) in [5, 5.41) is 18.1. The highest BCUT2D eigenvalue weighted by molar-refractivity contribution is 7.92. The topological polar surface area (TPSA) is 165 Å². The molecule has 3 rings (SSSR count). The van der Waals surface area contributed by atoms with Gasteiger partial charge in [0.05, 0.1) is 44.6 Å². The molecule has 1 aliphatic rings. The lowest BCUT2D eigenvalue weighted by molar-refractivity contribution is 0.343. The van der Waals surface area contributed by atoms with Gasteiger partial charge >= 0.3 is 0 Å². The third-order valence-electron chi connectivity index (χ3n) is 5.08. The molecule has 1 fully saturated rings. The molecule has 33 heavy (non-hydrogen) atoms. The summed E-state index contributed by atoms with van der Waals surface area (Å²) in [6, 6.07) is 13.5. The number of nitrogens with zero attached hydrogens (tertiary/aromatic N) is 3. The first-order valence-corrected chi connectivity index (χ1v) is 14.5. The zero-order chi connectivity index (χ0) is 24.3. The van der Waals surface area contributed by atoms with Crippen LogP contribution in [0, 0.1) is 22.7 Å². The van der Waals surface area contributed by atoms with Crippen molar-refractivity contribution in [3.05, 3.63) is 59.7 Å². The Morgan fingerprint density at radius 2 is 1.55 bits per heavy atom. The fourth-order valence-corrected chi connectivity index (χ4v) is 8.06. The van der Waals surface area contributed by atoms with Crippen LogP contribution in [0.25, 0.3) is 0 Å². The van der Waals surface area contributed by atoms with Crippen molar-refractivity contribution in [2.24, 2.45) is 0 Å². The van der Waals surface area contributed by atoms with Crippen LogP contribution in [-0.4, -0.2) is 60.2 Å². The molecule has 1 saturated heterocycles. The monoisotopic (exact) mass is 508 g/mol. The third kappa shape index (κ3) is 5.76. The highest BCUT2D eigenvalue weighted by Crippen LogP contribution is 2.25. The van der Waals surface area contributed by atoms with Gasteiger partial charge in [0, 0.05) is 19.1 Å². The lowest BCUT2D eigenvalue weighted by atomic mass is 10.2. The van der Waals surface area contributed by atoms with Gasteiger partial charge in [0.15, 0.2) is 9.84 Å². The van der Waals surface area contributed by atoms with E-state index in [-0.39, 0.29) is 51.9 Å². The third-order valence-corrected chi connectivity index (χ3v) is 10.2. The van der Waals surface area contributed by atoms with E-state index in [9.17, 15) is 25.3 Å². The molecule has 0 bridgehead atoms. The van der Waals surface area contributed by atoms with Crippen molar-refractivity contribution in [3.8, 4) is 12.1 Å². The summed E-state index contributed by atoms with van der Waals surface area (Å²) < 4.78 is 79.1. The molecular formula is C20H20N4O6S3. The van der Waals surface area contributed by atoms with Gasteiger partial charge in [-0.3, -0.25) is 0 Å². The molecule has 1 N–H and O–H groups in total. The fourth-order valence-electron chi connectivity index (χ4n) is 3.47. The van der Waals surface area contributed by atoms with Crippen molar-refractivity contribution in [1.82, 2.24) is 9.03 Å². The Bertz CT molecular complexity index is 1460. The standard InChI is InChI=1S/C20H20N4O6S3/c21-13-16-3-1-5-19(11-16)32(27,28)23-8-9-24(18-7-10-31(25,26)15-18)33(29,30)20-6-2-4-17(12-20)14-22/h1-6,11-12,18,23H,7-10,15H2/t18-/m0/s1. The average Bonchev–Trinajstić information content (AvgIpc) is 3.15. The van der Waals surface area contributed by atoms with Gasteiger partial charge in [-0.2, -0.15) is 14.8 Å². The minimum absolute atomic E-state index is 0.0798.